The first kappa shape index (κ1) is 21.4. The zero-order chi connectivity index (χ0) is 22.9. The predicted molar refractivity (Wildman–Crippen MR) is 131 cm³/mol. The molecule has 1 aliphatic rings. The average Bonchev–Trinajstić information content (AvgIpc) is 3.25. The van der Waals surface area contributed by atoms with E-state index in [0.29, 0.717) is 22.7 Å². The molecule has 0 radical (unpaired) electrons. The van der Waals surface area contributed by atoms with Gasteiger partial charge in [0.05, 0.1) is 6.20 Å². The molecule has 170 valence electrons. The zero-order valence-electron chi connectivity index (χ0n) is 18.1. The summed E-state index contributed by atoms with van der Waals surface area (Å²) < 4.78 is 25.9. The largest absolute Gasteiger partial charge is 0.755 e. The van der Waals surface area contributed by atoms with E-state index >= 15 is 0 Å². The second-order valence-electron chi connectivity index (χ2n) is 8.11. The quantitative estimate of drug-likeness (QED) is 0.438. The lowest BCUT2D eigenvalue weighted by molar-refractivity contribution is 0.313. The third kappa shape index (κ3) is 4.28. The number of aromatic nitrogens is 3. The molecule has 2 aromatic heterocycles. The van der Waals surface area contributed by atoms with E-state index in [4.69, 9.17) is 5.73 Å². The molecule has 3 heterocycles. The molecule has 10 heteroatoms. The van der Waals surface area contributed by atoms with Gasteiger partial charge in [-0.2, -0.15) is 9.61 Å². The van der Waals surface area contributed by atoms with Crippen LogP contribution < -0.4 is 15.4 Å². The molecule has 1 unspecified atom stereocenters. The van der Waals surface area contributed by atoms with Crippen LogP contribution in [0.3, 0.4) is 0 Å². The van der Waals surface area contributed by atoms with Crippen LogP contribution in [0.5, 0.6) is 0 Å². The van der Waals surface area contributed by atoms with Crippen LogP contribution in [0.2, 0.25) is 0 Å². The SMILES string of the molecule is CN1CCN(c2cccc(-c3cnn4c(N)c(-c5cccc(NS(=O)[O-])c5)cnc34)c2)CC1. The molecule has 0 saturated carbocycles. The summed E-state index contributed by atoms with van der Waals surface area (Å²) in [6, 6.07) is 15.4. The molecule has 1 aliphatic heterocycles. The number of nitrogens with one attached hydrogen (secondary N) is 1. The van der Waals surface area contributed by atoms with Crippen LogP contribution in [-0.2, 0) is 11.3 Å². The van der Waals surface area contributed by atoms with Crippen molar-refractivity contribution in [3.8, 4) is 22.3 Å². The third-order valence-electron chi connectivity index (χ3n) is 5.96. The van der Waals surface area contributed by atoms with Crippen LogP contribution in [0.15, 0.2) is 60.9 Å². The number of hydrogen-bond acceptors (Lipinski definition) is 7. The number of rotatable bonds is 5. The zero-order valence-corrected chi connectivity index (χ0v) is 19.0. The molecule has 2 aromatic carbocycles. The Morgan fingerprint density at radius 1 is 1.00 bits per heavy atom. The number of likely N-dealkylation sites (N-methyl/N-ethyl adjacent to an activating group) is 1. The fraction of sp³-hybridized carbons (Fsp3) is 0.217. The smallest absolute Gasteiger partial charge is 0.165 e. The van der Waals surface area contributed by atoms with Gasteiger partial charge in [-0.3, -0.25) is 4.21 Å². The summed E-state index contributed by atoms with van der Waals surface area (Å²) in [4.78, 5) is 9.38. The fourth-order valence-corrected chi connectivity index (χ4v) is 4.48. The van der Waals surface area contributed by atoms with Crippen molar-refractivity contribution < 1.29 is 8.76 Å². The lowest BCUT2D eigenvalue weighted by Gasteiger charge is -2.34. The van der Waals surface area contributed by atoms with Crippen LogP contribution in [0.4, 0.5) is 17.2 Å². The Hall–Kier alpha value is -3.47. The summed E-state index contributed by atoms with van der Waals surface area (Å²) >= 11 is -2.40. The van der Waals surface area contributed by atoms with Crippen molar-refractivity contribution in [2.75, 3.05) is 48.6 Å². The number of nitrogens with zero attached hydrogens (tertiary/aromatic N) is 5. The molecule has 5 rings (SSSR count). The van der Waals surface area contributed by atoms with Crippen LogP contribution in [0.1, 0.15) is 0 Å². The van der Waals surface area contributed by atoms with Crippen molar-refractivity contribution in [1.29, 1.82) is 0 Å². The van der Waals surface area contributed by atoms with Gasteiger partial charge in [0.2, 0.25) is 0 Å². The van der Waals surface area contributed by atoms with E-state index in [1.165, 1.54) is 5.69 Å². The Morgan fingerprint density at radius 3 is 2.48 bits per heavy atom. The highest BCUT2D eigenvalue weighted by atomic mass is 32.2. The minimum atomic E-state index is -2.40. The fourth-order valence-electron chi connectivity index (χ4n) is 4.16. The van der Waals surface area contributed by atoms with E-state index in [1.54, 1.807) is 35.1 Å². The number of nitrogen functional groups attached to an aromatic ring is 1. The first-order chi connectivity index (χ1) is 16.0. The maximum absolute atomic E-state index is 11.0. The van der Waals surface area contributed by atoms with Crippen molar-refractivity contribution >= 4 is 34.1 Å². The Morgan fingerprint density at radius 2 is 1.73 bits per heavy atom. The van der Waals surface area contributed by atoms with Crippen molar-refractivity contribution in [3.05, 3.63) is 60.9 Å². The molecule has 1 fully saturated rings. The average molecular weight is 463 g/mol. The van der Waals surface area contributed by atoms with Gasteiger partial charge in [-0.15, -0.1) is 0 Å². The summed E-state index contributed by atoms with van der Waals surface area (Å²) in [5, 5.41) is 4.50. The van der Waals surface area contributed by atoms with E-state index in [1.807, 2.05) is 6.07 Å². The minimum Gasteiger partial charge on any atom is -0.755 e. The van der Waals surface area contributed by atoms with E-state index in [0.717, 1.165) is 42.9 Å². The number of nitrogens with two attached hydrogens (primary N) is 1. The van der Waals surface area contributed by atoms with Gasteiger partial charge in [0, 0.05) is 66.1 Å². The number of fused-ring (bicyclic) bond motifs is 1. The lowest BCUT2D eigenvalue weighted by Crippen LogP contribution is -2.44. The van der Waals surface area contributed by atoms with Crippen molar-refractivity contribution in [3.63, 3.8) is 0 Å². The van der Waals surface area contributed by atoms with Gasteiger partial charge in [-0.05, 0) is 42.4 Å². The topological polar surface area (TPSA) is 115 Å². The summed E-state index contributed by atoms with van der Waals surface area (Å²) in [7, 11) is 2.15. The molecule has 1 atom stereocenters. The first-order valence-corrected chi connectivity index (χ1v) is 11.7. The highest BCUT2D eigenvalue weighted by Gasteiger charge is 2.17. The third-order valence-corrected chi connectivity index (χ3v) is 6.37. The van der Waals surface area contributed by atoms with Crippen molar-refractivity contribution in [1.82, 2.24) is 19.5 Å². The van der Waals surface area contributed by atoms with Crippen LogP contribution in [-0.4, -0.2) is 61.5 Å². The second kappa shape index (κ2) is 8.81. The predicted octanol–water partition coefficient (Wildman–Crippen LogP) is 2.60. The maximum Gasteiger partial charge on any atom is 0.165 e. The first-order valence-electron chi connectivity index (χ1n) is 10.6. The summed E-state index contributed by atoms with van der Waals surface area (Å²) in [6.07, 6.45) is 3.48. The van der Waals surface area contributed by atoms with Gasteiger partial charge in [0.1, 0.15) is 5.82 Å². The Kier molecular flexibility index (Phi) is 5.71. The Bertz CT molecular complexity index is 1330. The molecule has 0 aliphatic carbocycles. The number of hydrogen-bond donors (Lipinski definition) is 2. The molecule has 4 aromatic rings. The normalized spacial score (nSPS) is 15.6. The van der Waals surface area contributed by atoms with E-state index in [9.17, 15) is 8.76 Å². The lowest BCUT2D eigenvalue weighted by atomic mass is 10.1. The second-order valence-corrected chi connectivity index (χ2v) is 8.78. The Labute approximate surface area is 194 Å². The van der Waals surface area contributed by atoms with Crippen molar-refractivity contribution in [2.24, 2.45) is 0 Å². The monoisotopic (exact) mass is 462 g/mol. The molecule has 1 saturated heterocycles. The Balaban J connectivity index is 1.50. The highest BCUT2D eigenvalue weighted by Crippen LogP contribution is 2.32. The van der Waals surface area contributed by atoms with Crippen LogP contribution in [0.25, 0.3) is 27.9 Å². The van der Waals surface area contributed by atoms with E-state index in [-0.39, 0.29) is 0 Å². The molecule has 9 nitrogen and oxygen atoms in total. The van der Waals surface area contributed by atoms with Gasteiger partial charge < -0.3 is 24.8 Å². The van der Waals surface area contributed by atoms with Crippen LogP contribution in [0, 0.1) is 0 Å². The van der Waals surface area contributed by atoms with Crippen molar-refractivity contribution in [2.45, 2.75) is 0 Å². The standard InChI is InChI=1S/C23H25N7O2S/c1-28-8-10-29(11-9-28)19-7-3-5-17(13-19)21-15-26-30-22(24)20(14-25-23(21)30)16-4-2-6-18(12-16)27-33(31)32/h2-7,12-15,27H,8-11,24H2,1H3,(H,31,32)/p-1. The minimum absolute atomic E-state index is 0.432. The molecular weight excluding hydrogens is 438 g/mol. The molecule has 0 spiro atoms. The molecule has 33 heavy (non-hydrogen) atoms. The van der Waals surface area contributed by atoms with Gasteiger partial charge in [-0.25, -0.2) is 4.98 Å². The molecule has 3 N–H and O–H groups in total. The van der Waals surface area contributed by atoms with Gasteiger partial charge in [0.15, 0.2) is 5.65 Å². The number of piperazine rings is 1. The highest BCUT2D eigenvalue weighted by molar-refractivity contribution is 7.80. The maximum atomic E-state index is 11.0. The van der Waals surface area contributed by atoms with Crippen LogP contribution >= 0.6 is 0 Å². The van der Waals surface area contributed by atoms with E-state index in [2.05, 4.69) is 55.9 Å². The molecule has 0 amide bonds. The van der Waals surface area contributed by atoms with Gasteiger partial charge in [-0.1, -0.05) is 24.3 Å². The summed E-state index contributed by atoms with van der Waals surface area (Å²) in [5.41, 5.74) is 12.1. The summed E-state index contributed by atoms with van der Waals surface area (Å²) in [6.45, 7) is 4.08. The van der Waals surface area contributed by atoms with Gasteiger partial charge in [0.25, 0.3) is 0 Å². The number of anilines is 3. The molecular formula is C23H24N7O2S-. The molecule has 0 bridgehead atoms. The van der Waals surface area contributed by atoms with Gasteiger partial charge >= 0.3 is 0 Å². The van der Waals surface area contributed by atoms with E-state index < -0.39 is 11.3 Å². The number of benzene rings is 2. The summed E-state index contributed by atoms with van der Waals surface area (Å²) in [5.74, 6) is 0.432.